The van der Waals surface area contributed by atoms with Gasteiger partial charge in [-0.2, -0.15) is 5.10 Å². The van der Waals surface area contributed by atoms with E-state index in [1.165, 1.54) is 0 Å². The van der Waals surface area contributed by atoms with Crippen molar-refractivity contribution in [2.75, 3.05) is 12.8 Å². The number of hydrogen-bond donors (Lipinski definition) is 2. The molecule has 112 valence electrons. The van der Waals surface area contributed by atoms with E-state index in [-0.39, 0.29) is 5.91 Å². The third kappa shape index (κ3) is 2.99. The minimum Gasteiger partial charge on any atom is -0.495 e. The number of anilines is 1. The van der Waals surface area contributed by atoms with Crippen LogP contribution in [0.15, 0.2) is 18.2 Å². The monoisotopic (exact) mass is 288 g/mol. The van der Waals surface area contributed by atoms with Crippen LogP contribution in [0.4, 0.5) is 5.69 Å². The van der Waals surface area contributed by atoms with Gasteiger partial charge in [-0.25, -0.2) is 0 Å². The van der Waals surface area contributed by atoms with Gasteiger partial charge in [0.2, 0.25) is 0 Å². The van der Waals surface area contributed by atoms with E-state index >= 15 is 0 Å². The van der Waals surface area contributed by atoms with E-state index in [4.69, 9.17) is 10.5 Å². The number of benzene rings is 1. The Hall–Kier alpha value is -2.50. The molecular weight excluding hydrogens is 268 g/mol. The van der Waals surface area contributed by atoms with Gasteiger partial charge < -0.3 is 15.8 Å². The molecule has 21 heavy (non-hydrogen) atoms. The molecule has 0 bridgehead atoms. The van der Waals surface area contributed by atoms with Crippen molar-refractivity contribution in [2.24, 2.45) is 7.05 Å². The minimum absolute atomic E-state index is 0.174. The lowest BCUT2D eigenvalue weighted by molar-refractivity contribution is 0.0951. The smallest absolute Gasteiger partial charge is 0.251 e. The molecule has 0 atom stereocenters. The summed E-state index contributed by atoms with van der Waals surface area (Å²) >= 11 is 0. The van der Waals surface area contributed by atoms with Crippen LogP contribution in [0.2, 0.25) is 0 Å². The molecule has 0 aliphatic heterocycles. The Kier molecular flexibility index (Phi) is 4.16. The first-order valence-corrected chi connectivity index (χ1v) is 6.64. The highest BCUT2D eigenvalue weighted by atomic mass is 16.5. The van der Waals surface area contributed by atoms with E-state index < -0.39 is 0 Å². The average molecular weight is 288 g/mol. The first-order valence-electron chi connectivity index (χ1n) is 6.64. The Bertz CT molecular complexity index is 677. The van der Waals surface area contributed by atoms with E-state index in [0.29, 0.717) is 23.5 Å². The molecule has 2 rings (SSSR count). The molecule has 0 aliphatic carbocycles. The molecule has 1 aromatic heterocycles. The summed E-state index contributed by atoms with van der Waals surface area (Å²) in [5.74, 6) is 0.387. The number of carbonyl (C=O) groups excluding carboxylic acids is 1. The summed E-state index contributed by atoms with van der Waals surface area (Å²) in [6, 6.07) is 4.98. The van der Waals surface area contributed by atoms with Gasteiger partial charge in [0.25, 0.3) is 5.91 Å². The highest BCUT2D eigenvalue weighted by Gasteiger charge is 2.12. The standard InChI is InChI=1S/C15H20N4O2/c1-9-12(10(2)19(3)18-9)8-17-15(20)11-5-6-14(21-4)13(16)7-11/h5-7H,8,16H2,1-4H3,(H,17,20). The summed E-state index contributed by atoms with van der Waals surface area (Å²) in [5, 5.41) is 7.21. The number of carbonyl (C=O) groups is 1. The van der Waals surface area contributed by atoms with Crippen molar-refractivity contribution in [3.05, 3.63) is 40.7 Å². The Labute approximate surface area is 123 Å². The van der Waals surface area contributed by atoms with Crippen LogP contribution < -0.4 is 15.8 Å². The fourth-order valence-corrected chi connectivity index (χ4v) is 2.22. The summed E-state index contributed by atoms with van der Waals surface area (Å²) in [4.78, 5) is 12.2. The molecule has 0 saturated heterocycles. The van der Waals surface area contributed by atoms with Gasteiger partial charge in [0.1, 0.15) is 5.75 Å². The number of rotatable bonds is 4. The topological polar surface area (TPSA) is 82.2 Å². The summed E-state index contributed by atoms with van der Waals surface area (Å²) in [7, 11) is 3.43. The number of aromatic nitrogens is 2. The number of methoxy groups -OCH3 is 1. The summed E-state index contributed by atoms with van der Waals surface area (Å²) in [6.07, 6.45) is 0. The molecule has 0 radical (unpaired) electrons. The Morgan fingerprint density at radius 2 is 2.14 bits per heavy atom. The van der Waals surface area contributed by atoms with Crippen LogP contribution in [0, 0.1) is 13.8 Å². The predicted octanol–water partition coefficient (Wildman–Crippen LogP) is 1.56. The van der Waals surface area contributed by atoms with Gasteiger partial charge in [0.05, 0.1) is 18.5 Å². The second-order valence-corrected chi connectivity index (χ2v) is 4.91. The number of nitrogens with two attached hydrogens (primary N) is 1. The van der Waals surface area contributed by atoms with Crippen molar-refractivity contribution in [1.29, 1.82) is 0 Å². The van der Waals surface area contributed by atoms with Gasteiger partial charge in [0, 0.05) is 30.4 Å². The number of nitrogens with zero attached hydrogens (tertiary/aromatic N) is 2. The van der Waals surface area contributed by atoms with Crippen molar-refractivity contribution < 1.29 is 9.53 Å². The summed E-state index contributed by atoms with van der Waals surface area (Å²) in [5.41, 5.74) is 9.76. The Morgan fingerprint density at radius 3 is 2.67 bits per heavy atom. The number of amides is 1. The van der Waals surface area contributed by atoms with Crippen molar-refractivity contribution in [3.8, 4) is 5.75 Å². The maximum absolute atomic E-state index is 12.2. The molecule has 1 amide bonds. The maximum Gasteiger partial charge on any atom is 0.251 e. The number of aryl methyl sites for hydroxylation is 2. The molecule has 1 heterocycles. The van der Waals surface area contributed by atoms with Crippen LogP contribution in [-0.4, -0.2) is 22.8 Å². The SMILES string of the molecule is COc1ccc(C(=O)NCc2c(C)nn(C)c2C)cc1N. The fraction of sp³-hybridized carbons (Fsp3) is 0.333. The molecule has 6 nitrogen and oxygen atoms in total. The normalized spacial score (nSPS) is 10.5. The number of nitrogens with one attached hydrogen (secondary N) is 1. The van der Waals surface area contributed by atoms with Gasteiger partial charge >= 0.3 is 0 Å². The van der Waals surface area contributed by atoms with Gasteiger partial charge in [-0.1, -0.05) is 0 Å². The number of nitrogen functional groups attached to an aromatic ring is 1. The second kappa shape index (κ2) is 5.87. The molecule has 0 unspecified atom stereocenters. The molecule has 1 aromatic carbocycles. The summed E-state index contributed by atoms with van der Waals surface area (Å²) in [6.45, 7) is 4.35. The molecule has 0 aliphatic rings. The zero-order chi connectivity index (χ0) is 15.6. The molecular formula is C15H20N4O2. The first-order chi connectivity index (χ1) is 9.93. The highest BCUT2D eigenvalue weighted by Crippen LogP contribution is 2.22. The lowest BCUT2D eigenvalue weighted by Crippen LogP contribution is -2.23. The van der Waals surface area contributed by atoms with Crippen molar-refractivity contribution in [3.63, 3.8) is 0 Å². The molecule has 0 fully saturated rings. The summed E-state index contributed by atoms with van der Waals surface area (Å²) < 4.78 is 6.88. The van der Waals surface area contributed by atoms with Crippen LogP contribution in [-0.2, 0) is 13.6 Å². The van der Waals surface area contributed by atoms with Gasteiger partial charge in [-0.15, -0.1) is 0 Å². The Balaban J connectivity index is 2.10. The van der Waals surface area contributed by atoms with Crippen LogP contribution >= 0.6 is 0 Å². The molecule has 6 heteroatoms. The molecule has 2 aromatic rings. The molecule has 0 saturated carbocycles. The van der Waals surface area contributed by atoms with E-state index in [2.05, 4.69) is 10.4 Å². The van der Waals surface area contributed by atoms with Crippen LogP contribution in [0.3, 0.4) is 0 Å². The third-order valence-electron chi connectivity index (χ3n) is 3.58. The third-order valence-corrected chi connectivity index (χ3v) is 3.58. The van der Waals surface area contributed by atoms with Crippen molar-refractivity contribution in [1.82, 2.24) is 15.1 Å². The van der Waals surface area contributed by atoms with Crippen LogP contribution in [0.5, 0.6) is 5.75 Å². The molecule has 3 N–H and O–H groups in total. The lowest BCUT2D eigenvalue weighted by atomic mass is 10.1. The number of ether oxygens (including phenoxy) is 1. The van der Waals surface area contributed by atoms with E-state index in [1.54, 1.807) is 25.3 Å². The lowest BCUT2D eigenvalue weighted by Gasteiger charge is -2.08. The quantitative estimate of drug-likeness (QED) is 0.836. The van der Waals surface area contributed by atoms with Crippen molar-refractivity contribution in [2.45, 2.75) is 20.4 Å². The second-order valence-electron chi connectivity index (χ2n) is 4.91. The van der Waals surface area contributed by atoms with Gasteiger partial charge in [0.15, 0.2) is 0 Å². The van der Waals surface area contributed by atoms with E-state index in [0.717, 1.165) is 17.0 Å². The molecule has 0 spiro atoms. The highest BCUT2D eigenvalue weighted by molar-refractivity contribution is 5.95. The first kappa shape index (κ1) is 14.9. The van der Waals surface area contributed by atoms with Gasteiger partial charge in [-0.3, -0.25) is 9.48 Å². The van der Waals surface area contributed by atoms with Crippen molar-refractivity contribution >= 4 is 11.6 Å². The van der Waals surface area contributed by atoms with Crippen LogP contribution in [0.25, 0.3) is 0 Å². The predicted molar refractivity (Wildman–Crippen MR) is 81.3 cm³/mol. The number of hydrogen-bond acceptors (Lipinski definition) is 4. The average Bonchev–Trinajstić information content (AvgIpc) is 2.69. The largest absolute Gasteiger partial charge is 0.495 e. The zero-order valence-corrected chi connectivity index (χ0v) is 12.7. The maximum atomic E-state index is 12.2. The van der Waals surface area contributed by atoms with E-state index in [1.807, 2.05) is 25.6 Å². The van der Waals surface area contributed by atoms with Gasteiger partial charge in [-0.05, 0) is 32.0 Å². The van der Waals surface area contributed by atoms with E-state index in [9.17, 15) is 4.79 Å². The van der Waals surface area contributed by atoms with Crippen LogP contribution in [0.1, 0.15) is 27.3 Å². The minimum atomic E-state index is -0.174. The zero-order valence-electron chi connectivity index (χ0n) is 12.7. The fourth-order valence-electron chi connectivity index (χ4n) is 2.22. The Morgan fingerprint density at radius 1 is 1.43 bits per heavy atom.